The van der Waals surface area contributed by atoms with E-state index < -0.39 is 0 Å². The Morgan fingerprint density at radius 3 is 1.37 bits per heavy atom. The lowest BCUT2D eigenvalue weighted by Crippen LogP contribution is -2.45. The molecule has 320 valence electrons. The monoisotopic (exact) mass is 847 g/mol. The average Bonchev–Trinajstić information content (AvgIpc) is 3.26. The van der Waals surface area contributed by atoms with Gasteiger partial charge in [0.2, 0.25) is 10.9 Å². The van der Waals surface area contributed by atoms with Crippen LogP contribution in [0.5, 0.6) is 5.75 Å². The zero-order chi connectivity index (χ0) is 45.5. The molecule has 3 N–H and O–H groups in total. The number of Topliss-reactive ketones (excluding diaryl/α,β-unsaturated/α-hetero) is 1. The number of carbonyl (C=O) groups is 1. The second-order valence-electron chi connectivity index (χ2n) is 13.8. The van der Waals surface area contributed by atoms with Crippen molar-refractivity contribution in [3.63, 3.8) is 0 Å². The Balaban J connectivity index is 0.000000205. The van der Waals surface area contributed by atoms with E-state index in [1.165, 1.54) is 69.1 Å². The first kappa shape index (κ1) is 46.9. The normalized spacial score (nSPS) is 11.9. The van der Waals surface area contributed by atoms with E-state index in [0.717, 1.165) is 16.7 Å². The van der Waals surface area contributed by atoms with Gasteiger partial charge in [-0.1, -0.05) is 56.0 Å². The van der Waals surface area contributed by atoms with E-state index in [4.69, 9.17) is 6.42 Å². The van der Waals surface area contributed by atoms with Crippen LogP contribution in [0.2, 0.25) is 0 Å². The van der Waals surface area contributed by atoms with Crippen LogP contribution in [-0.4, -0.2) is 49.8 Å². The van der Waals surface area contributed by atoms with Crippen molar-refractivity contribution in [1.82, 2.24) is 28.7 Å². The highest BCUT2D eigenvalue weighted by atomic mass is 19.1. The van der Waals surface area contributed by atoms with E-state index in [9.17, 15) is 42.9 Å². The molecule has 0 radical (unpaired) electrons. The van der Waals surface area contributed by atoms with Crippen LogP contribution < -0.4 is 37.7 Å². The van der Waals surface area contributed by atoms with E-state index in [2.05, 4.69) is 39.1 Å². The number of halogens is 3. The van der Waals surface area contributed by atoms with Crippen molar-refractivity contribution in [2.75, 3.05) is 0 Å². The molecule has 13 nitrogen and oxygen atoms in total. The van der Waals surface area contributed by atoms with Gasteiger partial charge in [0.05, 0.1) is 29.7 Å². The van der Waals surface area contributed by atoms with Crippen LogP contribution in [0.25, 0.3) is 24.7 Å². The summed E-state index contributed by atoms with van der Waals surface area (Å²) in [6.07, 6.45) is 11.4. The number of benzene rings is 3. The first-order chi connectivity index (χ1) is 29.5. The van der Waals surface area contributed by atoms with Crippen LogP contribution in [0.15, 0.2) is 106 Å². The minimum absolute atomic E-state index is 0.0233. The third-order valence-corrected chi connectivity index (χ3v) is 9.32. The maximum absolute atomic E-state index is 12.8. The van der Waals surface area contributed by atoms with Crippen LogP contribution in [0.1, 0.15) is 46.4 Å². The van der Waals surface area contributed by atoms with Gasteiger partial charge in [-0.25, -0.2) is 28.1 Å². The number of rotatable bonds is 10. The molecule has 0 fully saturated rings. The first-order valence-corrected chi connectivity index (χ1v) is 18.9. The van der Waals surface area contributed by atoms with Gasteiger partial charge in [0.25, 0.3) is 0 Å². The zero-order valence-corrected chi connectivity index (χ0v) is 34.2. The van der Waals surface area contributed by atoms with Gasteiger partial charge in [0.15, 0.2) is 33.4 Å². The quantitative estimate of drug-likeness (QED) is 0.138. The van der Waals surface area contributed by atoms with Gasteiger partial charge in [-0.3, -0.25) is 14.4 Å². The Bertz CT molecular complexity index is 2880. The van der Waals surface area contributed by atoms with Crippen LogP contribution >= 0.6 is 0 Å². The van der Waals surface area contributed by atoms with E-state index in [1.54, 1.807) is 57.5 Å². The molecule has 0 bridgehead atoms. The molecule has 3 aromatic carbocycles. The number of carbonyl (C=O) groups excluding carboxylic acids is 1. The molecule has 0 amide bonds. The molecule has 62 heavy (non-hydrogen) atoms. The van der Waals surface area contributed by atoms with E-state index in [-0.39, 0.29) is 103 Å². The third kappa shape index (κ3) is 12.8. The third-order valence-electron chi connectivity index (χ3n) is 9.32. The van der Waals surface area contributed by atoms with Crippen LogP contribution in [0.3, 0.4) is 0 Å². The van der Waals surface area contributed by atoms with Gasteiger partial charge in [-0.2, -0.15) is 4.99 Å². The summed E-state index contributed by atoms with van der Waals surface area (Å²) in [7, 11) is 4.93. The van der Waals surface area contributed by atoms with E-state index >= 15 is 0 Å². The number of hydrogen-bond donors (Lipinski definition) is 3. The predicted octanol–water partition coefficient (Wildman–Crippen LogP) is 2.83. The van der Waals surface area contributed by atoms with Crippen molar-refractivity contribution in [3.05, 3.63) is 179 Å². The Labute approximate surface area is 353 Å². The second kappa shape index (κ2) is 22.0. The summed E-state index contributed by atoms with van der Waals surface area (Å²) in [6.45, 7) is 7.27. The fraction of sp³-hybridized carbons (Fsp3) is 0.196. The van der Waals surface area contributed by atoms with Crippen LogP contribution in [0.4, 0.5) is 13.2 Å². The molecule has 16 heteroatoms. The number of terminal acetylenes is 1. The molecule has 0 saturated heterocycles. The Kier molecular flexibility index (Phi) is 16.6. The maximum Gasteiger partial charge on any atom is 0.230 e. The van der Waals surface area contributed by atoms with Crippen molar-refractivity contribution in [1.29, 1.82) is 0 Å². The molecule has 3 heterocycles. The number of nitrogens with zero attached hydrogens (tertiary/aromatic N) is 7. The number of ketones is 1. The number of hydrogen-bond acceptors (Lipinski definition) is 10. The van der Waals surface area contributed by atoms with Gasteiger partial charge in [0, 0.05) is 46.4 Å². The molecule has 0 unspecified atom stereocenters. The number of aromatic nitrogens is 6. The number of aryl methyl sites for hydroxylation is 6. The molecule has 6 rings (SSSR count). The van der Waals surface area contributed by atoms with Gasteiger partial charge >= 0.3 is 0 Å². The fourth-order valence-electron chi connectivity index (χ4n) is 5.57. The Morgan fingerprint density at radius 2 is 1.00 bits per heavy atom. The number of aromatic hydroxyl groups is 1. The van der Waals surface area contributed by atoms with Crippen molar-refractivity contribution in [2.24, 2.45) is 26.1 Å². The van der Waals surface area contributed by atoms with E-state index in [0.29, 0.717) is 19.3 Å². The predicted molar refractivity (Wildman–Crippen MR) is 228 cm³/mol. The minimum atomic E-state index is -0.383. The first-order valence-electron chi connectivity index (χ1n) is 18.9. The number of aliphatic hydroxyl groups excluding tert-OH is 2. The van der Waals surface area contributed by atoms with Crippen molar-refractivity contribution in [2.45, 2.75) is 38.5 Å². The minimum Gasteiger partial charge on any atom is -0.510 e. The largest absolute Gasteiger partial charge is 0.510 e. The summed E-state index contributed by atoms with van der Waals surface area (Å²) < 4.78 is 42.8. The van der Waals surface area contributed by atoms with Crippen LogP contribution in [-0.2, 0) is 40.4 Å². The highest BCUT2D eigenvalue weighted by Crippen LogP contribution is 2.14. The molecular weight excluding hydrogens is 804 g/mol. The summed E-state index contributed by atoms with van der Waals surface area (Å²) in [5.41, 5.74) is 1.84. The zero-order valence-electron chi connectivity index (χ0n) is 34.2. The van der Waals surface area contributed by atoms with Crippen LogP contribution in [0, 0.1) is 29.9 Å². The molecule has 0 aliphatic rings. The Hall–Kier alpha value is -7.80. The molecular formula is C46H44F3N7O6. The van der Waals surface area contributed by atoms with Gasteiger partial charge in [-0.05, 0) is 72.4 Å². The lowest BCUT2D eigenvalue weighted by molar-refractivity contribution is 0.0974. The maximum atomic E-state index is 12.8. The van der Waals surface area contributed by atoms with Gasteiger partial charge < -0.3 is 29.0 Å². The summed E-state index contributed by atoms with van der Waals surface area (Å²) >= 11 is 0. The molecule has 0 aliphatic carbocycles. The molecule has 3 aromatic heterocycles. The standard InChI is InChI=1S/C16H14FN3O2.2C15H15FN2O2/c1-3-18-16-15(22)14(19-10-20(16)2)13(21)9-6-11-4-7-12(17)8-5-11;2*1-10-15(20)14(17-9-18(10)2)13(19)8-5-11-3-6-12(16)7-4-11/h1,4-5,7-8,10,22H,6,9H2,2H3;2*3-4,6-7,9,19H,1,5,8H2,2H3. The SMILES string of the molecule is C#CN=c1c(O)c(C(=O)CCc2ccc(F)cc2)ncn1C.C=c1c(=O)c(=C(O)CCc2ccc(F)cc2)ncn1C.C=c1c(=O)c(=C(O)CCc2ccc(F)cc2)ncn1C. The summed E-state index contributed by atoms with van der Waals surface area (Å²) in [6, 6.07) is 20.0. The fourth-order valence-corrected chi connectivity index (χ4v) is 5.57. The van der Waals surface area contributed by atoms with Gasteiger partial charge in [-0.15, -0.1) is 0 Å². The van der Waals surface area contributed by atoms with Crippen molar-refractivity contribution < 1.29 is 33.3 Å². The summed E-state index contributed by atoms with van der Waals surface area (Å²) in [4.78, 5) is 51.5. The molecule has 0 atom stereocenters. The highest BCUT2D eigenvalue weighted by molar-refractivity contribution is 5.96. The molecule has 0 spiro atoms. The molecule has 6 aromatic rings. The Morgan fingerprint density at radius 1 is 0.645 bits per heavy atom. The van der Waals surface area contributed by atoms with Crippen molar-refractivity contribution in [3.8, 4) is 18.2 Å². The smallest absolute Gasteiger partial charge is 0.230 e. The van der Waals surface area contributed by atoms with E-state index in [1.807, 2.05) is 0 Å². The molecule has 0 saturated carbocycles. The topological polar surface area (TPSA) is 178 Å². The van der Waals surface area contributed by atoms with Crippen molar-refractivity contribution >= 4 is 30.5 Å². The molecule has 0 aliphatic heterocycles. The highest BCUT2D eigenvalue weighted by Gasteiger charge is 2.16. The average molecular weight is 848 g/mol. The lowest BCUT2D eigenvalue weighted by atomic mass is 10.1. The van der Waals surface area contributed by atoms with Gasteiger partial charge in [0.1, 0.15) is 29.0 Å². The number of aliphatic hydroxyl groups is 2. The summed E-state index contributed by atoms with van der Waals surface area (Å²) in [5, 5.41) is 30.6. The summed E-state index contributed by atoms with van der Waals surface area (Å²) in [5.74, 6) is -1.77. The lowest BCUT2D eigenvalue weighted by Gasteiger charge is -2.06. The second-order valence-corrected chi connectivity index (χ2v) is 13.8.